The van der Waals surface area contributed by atoms with Gasteiger partial charge in [0.25, 0.3) is 0 Å². The lowest BCUT2D eigenvalue weighted by molar-refractivity contribution is -0.136. The van der Waals surface area contributed by atoms with E-state index in [1.165, 1.54) is 6.07 Å². The van der Waals surface area contributed by atoms with E-state index in [2.05, 4.69) is 0 Å². The maximum Gasteiger partial charge on any atom is 0.308 e. The van der Waals surface area contributed by atoms with E-state index in [9.17, 15) is 19.2 Å². The normalized spacial score (nSPS) is 10.4. The average Bonchev–Trinajstić information content (AvgIpc) is 2.64. The Kier molecular flexibility index (Phi) is 7.46. The molecule has 0 atom stereocenters. The van der Waals surface area contributed by atoms with Crippen LogP contribution in [0.15, 0.2) is 36.4 Å². The fraction of sp³-hybridized carbons (Fsp3) is 0.182. The van der Waals surface area contributed by atoms with Crippen LogP contribution >= 0.6 is 0 Å². The van der Waals surface area contributed by atoms with E-state index in [4.69, 9.17) is 18.9 Å². The number of rotatable bonds is 6. The number of hydrogen-bond donors (Lipinski definition) is 0. The molecule has 2 aromatic carbocycles. The molecule has 2 rings (SSSR count). The van der Waals surface area contributed by atoms with E-state index in [-0.39, 0.29) is 28.6 Å². The Bertz CT molecular complexity index is 1010. The second-order valence-corrected chi connectivity index (χ2v) is 6.07. The number of esters is 4. The van der Waals surface area contributed by atoms with Gasteiger partial charge in [0.2, 0.25) is 11.5 Å². The Balaban J connectivity index is 2.77. The first-order valence-electron chi connectivity index (χ1n) is 8.85. The van der Waals surface area contributed by atoms with Crippen LogP contribution in [0.5, 0.6) is 23.0 Å². The van der Waals surface area contributed by atoms with E-state index in [1.807, 2.05) is 30.3 Å². The molecule has 0 bridgehead atoms. The van der Waals surface area contributed by atoms with Crippen molar-refractivity contribution < 1.29 is 38.1 Å². The highest BCUT2D eigenvalue weighted by atomic mass is 16.6. The van der Waals surface area contributed by atoms with Crippen LogP contribution in [-0.4, -0.2) is 23.9 Å². The lowest BCUT2D eigenvalue weighted by Gasteiger charge is -2.18. The zero-order valence-electron chi connectivity index (χ0n) is 16.9. The SMILES string of the molecule is CC(=O)Oc1cc(/C=C/c2ccccc2)c(OC(C)=O)c(OC(C)=O)c1OC(C)=O. The average molecular weight is 412 g/mol. The molecule has 0 heterocycles. The number of carbonyl (C=O) groups excluding carboxylic acids is 4. The largest absolute Gasteiger partial charge is 0.423 e. The van der Waals surface area contributed by atoms with E-state index < -0.39 is 23.9 Å². The Morgan fingerprint density at radius 2 is 1.13 bits per heavy atom. The third-order valence-corrected chi connectivity index (χ3v) is 3.43. The van der Waals surface area contributed by atoms with Gasteiger partial charge in [0.15, 0.2) is 11.5 Å². The summed E-state index contributed by atoms with van der Waals surface area (Å²) in [6.45, 7) is 4.55. The van der Waals surface area contributed by atoms with Crippen molar-refractivity contribution in [1.29, 1.82) is 0 Å². The van der Waals surface area contributed by atoms with Gasteiger partial charge in [0, 0.05) is 33.3 Å². The number of carbonyl (C=O) groups is 4. The molecule has 0 unspecified atom stereocenters. The van der Waals surface area contributed by atoms with Gasteiger partial charge in [-0.1, -0.05) is 42.5 Å². The van der Waals surface area contributed by atoms with Crippen molar-refractivity contribution in [3.05, 3.63) is 47.5 Å². The summed E-state index contributed by atoms with van der Waals surface area (Å²) < 4.78 is 20.7. The summed E-state index contributed by atoms with van der Waals surface area (Å²) in [4.78, 5) is 46.5. The Morgan fingerprint density at radius 1 is 0.633 bits per heavy atom. The number of ether oxygens (including phenoxy) is 4. The molecule has 156 valence electrons. The lowest BCUT2D eigenvalue weighted by atomic mass is 10.1. The van der Waals surface area contributed by atoms with Crippen molar-refractivity contribution in [3.8, 4) is 23.0 Å². The van der Waals surface area contributed by atoms with Crippen LogP contribution in [-0.2, 0) is 19.2 Å². The second kappa shape index (κ2) is 10.0. The molecule has 2 aromatic rings. The van der Waals surface area contributed by atoms with Gasteiger partial charge < -0.3 is 18.9 Å². The molecule has 30 heavy (non-hydrogen) atoms. The molecule has 0 radical (unpaired) electrons. The predicted octanol–water partition coefficient (Wildman–Crippen LogP) is 3.56. The summed E-state index contributed by atoms with van der Waals surface area (Å²) in [5, 5.41) is 0. The zero-order valence-corrected chi connectivity index (χ0v) is 16.9. The molecule has 0 fully saturated rings. The van der Waals surface area contributed by atoms with Gasteiger partial charge in [0.1, 0.15) is 0 Å². The minimum absolute atomic E-state index is 0.169. The molecule has 8 heteroatoms. The number of hydrogen-bond acceptors (Lipinski definition) is 8. The van der Waals surface area contributed by atoms with E-state index in [1.54, 1.807) is 12.2 Å². The van der Waals surface area contributed by atoms with Crippen LogP contribution < -0.4 is 18.9 Å². The molecule has 0 aliphatic carbocycles. The molecular weight excluding hydrogens is 392 g/mol. The zero-order chi connectivity index (χ0) is 22.3. The predicted molar refractivity (Wildman–Crippen MR) is 107 cm³/mol. The van der Waals surface area contributed by atoms with E-state index in [0.717, 1.165) is 33.3 Å². The fourth-order valence-corrected chi connectivity index (χ4v) is 2.45. The summed E-state index contributed by atoms with van der Waals surface area (Å²) in [5.41, 5.74) is 1.08. The quantitative estimate of drug-likeness (QED) is 0.403. The summed E-state index contributed by atoms with van der Waals surface area (Å²) in [5.74, 6) is -4.01. The molecule has 0 aliphatic heterocycles. The maximum atomic E-state index is 11.7. The monoisotopic (exact) mass is 412 g/mol. The van der Waals surface area contributed by atoms with Crippen LogP contribution in [0, 0.1) is 0 Å². The highest BCUT2D eigenvalue weighted by Gasteiger charge is 2.27. The smallest absolute Gasteiger partial charge is 0.308 e. The third-order valence-electron chi connectivity index (χ3n) is 3.43. The minimum atomic E-state index is -0.769. The van der Waals surface area contributed by atoms with Crippen LogP contribution in [0.4, 0.5) is 0 Å². The fourth-order valence-electron chi connectivity index (χ4n) is 2.45. The summed E-state index contributed by atoms with van der Waals surface area (Å²) in [6.07, 6.45) is 3.29. The highest BCUT2D eigenvalue weighted by Crippen LogP contribution is 2.48. The molecule has 0 amide bonds. The molecule has 0 saturated heterocycles. The molecule has 8 nitrogen and oxygen atoms in total. The first-order valence-corrected chi connectivity index (χ1v) is 8.85. The Labute approximate surface area is 173 Å². The standard InChI is InChI=1S/C22H20O8/c1-13(23)27-19-12-18(11-10-17-8-6-5-7-9-17)20(28-14(2)24)22(30-16(4)26)21(19)29-15(3)25/h5-12H,1-4H3/b11-10+. The van der Waals surface area contributed by atoms with Gasteiger partial charge in [0.05, 0.1) is 0 Å². The van der Waals surface area contributed by atoms with Gasteiger partial charge in [-0.05, 0) is 11.6 Å². The second-order valence-electron chi connectivity index (χ2n) is 6.07. The number of benzene rings is 2. The van der Waals surface area contributed by atoms with Crippen molar-refractivity contribution in [2.75, 3.05) is 0 Å². The van der Waals surface area contributed by atoms with Gasteiger partial charge in [-0.25, -0.2) is 0 Å². The van der Waals surface area contributed by atoms with Crippen molar-refractivity contribution in [2.45, 2.75) is 27.7 Å². The Morgan fingerprint density at radius 3 is 1.67 bits per heavy atom. The third kappa shape index (κ3) is 6.30. The van der Waals surface area contributed by atoms with Gasteiger partial charge >= 0.3 is 23.9 Å². The molecule has 0 aromatic heterocycles. The maximum absolute atomic E-state index is 11.7. The van der Waals surface area contributed by atoms with Crippen LogP contribution in [0.2, 0.25) is 0 Å². The van der Waals surface area contributed by atoms with E-state index in [0.29, 0.717) is 0 Å². The van der Waals surface area contributed by atoms with Gasteiger partial charge in [-0.15, -0.1) is 0 Å². The van der Waals surface area contributed by atoms with Crippen molar-refractivity contribution in [3.63, 3.8) is 0 Å². The van der Waals surface area contributed by atoms with Crippen molar-refractivity contribution >= 4 is 36.0 Å². The first-order chi connectivity index (χ1) is 14.2. The van der Waals surface area contributed by atoms with Crippen LogP contribution in [0.1, 0.15) is 38.8 Å². The van der Waals surface area contributed by atoms with Crippen molar-refractivity contribution in [1.82, 2.24) is 0 Å². The van der Waals surface area contributed by atoms with Gasteiger partial charge in [-0.2, -0.15) is 0 Å². The molecule has 0 saturated carbocycles. The minimum Gasteiger partial charge on any atom is -0.423 e. The van der Waals surface area contributed by atoms with E-state index >= 15 is 0 Å². The summed E-state index contributed by atoms with van der Waals surface area (Å²) in [7, 11) is 0. The van der Waals surface area contributed by atoms with Crippen molar-refractivity contribution in [2.24, 2.45) is 0 Å². The van der Waals surface area contributed by atoms with Crippen LogP contribution in [0.25, 0.3) is 12.2 Å². The Hall–Kier alpha value is -3.94. The topological polar surface area (TPSA) is 105 Å². The van der Waals surface area contributed by atoms with Crippen LogP contribution in [0.3, 0.4) is 0 Å². The molecule has 0 aliphatic rings. The molecule has 0 N–H and O–H groups in total. The van der Waals surface area contributed by atoms with Gasteiger partial charge in [-0.3, -0.25) is 19.2 Å². The molecule has 0 spiro atoms. The lowest BCUT2D eigenvalue weighted by Crippen LogP contribution is -2.13. The summed E-state index contributed by atoms with van der Waals surface area (Å²) >= 11 is 0. The highest BCUT2D eigenvalue weighted by molar-refractivity contribution is 5.86. The molecular formula is C22H20O8. The first kappa shape index (κ1) is 22.4. The summed E-state index contributed by atoms with van der Waals surface area (Å²) in [6, 6.07) is 10.6.